The van der Waals surface area contributed by atoms with Crippen LogP contribution in [0.25, 0.3) is 0 Å². The number of Topliss-reactive ketones (excluding diaryl/α,β-unsaturated/α-hetero) is 1. The van der Waals surface area contributed by atoms with Crippen molar-refractivity contribution in [3.63, 3.8) is 0 Å². The first-order chi connectivity index (χ1) is 17.8. The van der Waals surface area contributed by atoms with Crippen LogP contribution in [-0.2, 0) is 15.9 Å². The van der Waals surface area contributed by atoms with E-state index in [-0.39, 0.29) is 11.5 Å². The number of ether oxygens (including phenoxy) is 2. The van der Waals surface area contributed by atoms with Gasteiger partial charge in [-0.15, -0.1) is 5.11 Å². The average Bonchev–Trinajstić information content (AvgIpc) is 2.87. The Balaban J connectivity index is 1.67. The fourth-order valence-electron chi connectivity index (χ4n) is 3.69. The monoisotopic (exact) mass is 511 g/mol. The molecule has 37 heavy (non-hydrogen) atoms. The van der Waals surface area contributed by atoms with Gasteiger partial charge in [-0.25, -0.2) is 0 Å². The van der Waals surface area contributed by atoms with Crippen molar-refractivity contribution in [1.29, 1.82) is 0 Å². The number of hydrogen-bond donors (Lipinski definition) is 2. The van der Waals surface area contributed by atoms with Crippen molar-refractivity contribution >= 4 is 17.2 Å². The molecule has 0 fully saturated rings. The van der Waals surface area contributed by atoms with Crippen LogP contribution < -0.4 is 5.32 Å². The minimum atomic E-state index is 0.0776. The Bertz CT molecular complexity index is 942. The molecular weight excluding hydrogens is 466 g/mol. The first kappa shape index (κ1) is 30.6. The van der Waals surface area contributed by atoms with E-state index in [1.165, 1.54) is 12.8 Å². The third-order valence-electron chi connectivity index (χ3n) is 5.85. The van der Waals surface area contributed by atoms with E-state index in [0.717, 1.165) is 37.5 Å². The lowest BCUT2D eigenvalue weighted by molar-refractivity contribution is 0.0445. The molecule has 7 nitrogen and oxygen atoms in total. The Kier molecular flexibility index (Phi) is 14.7. The molecule has 0 aliphatic carbocycles. The number of benzene rings is 2. The van der Waals surface area contributed by atoms with Crippen LogP contribution in [0.5, 0.6) is 5.75 Å². The van der Waals surface area contributed by atoms with E-state index in [9.17, 15) is 9.90 Å². The van der Waals surface area contributed by atoms with Crippen molar-refractivity contribution in [3.05, 3.63) is 53.6 Å². The van der Waals surface area contributed by atoms with E-state index in [1.807, 2.05) is 12.1 Å². The molecule has 204 valence electrons. The van der Waals surface area contributed by atoms with Crippen LogP contribution in [0.2, 0.25) is 0 Å². The van der Waals surface area contributed by atoms with E-state index in [0.29, 0.717) is 55.6 Å². The van der Waals surface area contributed by atoms with Crippen LogP contribution in [0.4, 0.5) is 11.4 Å². The van der Waals surface area contributed by atoms with Gasteiger partial charge in [0.2, 0.25) is 0 Å². The Morgan fingerprint density at radius 2 is 1.59 bits per heavy atom. The molecule has 0 amide bonds. The fourth-order valence-corrected chi connectivity index (χ4v) is 3.69. The van der Waals surface area contributed by atoms with Crippen molar-refractivity contribution in [2.75, 3.05) is 33.0 Å². The Hall–Kier alpha value is -2.61. The number of ketones is 1. The summed E-state index contributed by atoms with van der Waals surface area (Å²) in [6.45, 7) is 12.0. The largest absolute Gasteiger partial charge is 0.506 e. The highest BCUT2D eigenvalue weighted by molar-refractivity contribution is 5.96. The number of rotatable bonds is 19. The maximum absolute atomic E-state index is 12.5. The molecule has 0 unspecified atom stereocenters. The molecule has 2 aromatic carbocycles. The van der Waals surface area contributed by atoms with Gasteiger partial charge in [0.15, 0.2) is 5.78 Å². The highest BCUT2D eigenvalue weighted by atomic mass is 16.5. The van der Waals surface area contributed by atoms with Crippen LogP contribution in [0.1, 0.15) is 75.7 Å². The van der Waals surface area contributed by atoms with Crippen LogP contribution >= 0.6 is 0 Å². The highest BCUT2D eigenvalue weighted by Gasteiger charge is 2.07. The summed E-state index contributed by atoms with van der Waals surface area (Å²) < 4.78 is 11.2. The predicted octanol–water partition coefficient (Wildman–Crippen LogP) is 7.17. The van der Waals surface area contributed by atoms with Gasteiger partial charge in [-0.1, -0.05) is 46.6 Å². The predicted molar refractivity (Wildman–Crippen MR) is 149 cm³/mol. The number of hydrogen-bond acceptors (Lipinski definition) is 7. The minimum Gasteiger partial charge on any atom is -0.506 e. The van der Waals surface area contributed by atoms with Crippen molar-refractivity contribution < 1.29 is 19.4 Å². The number of aromatic hydroxyl groups is 1. The minimum absolute atomic E-state index is 0.0776. The number of phenols is 1. The van der Waals surface area contributed by atoms with Crippen LogP contribution in [0.15, 0.2) is 52.7 Å². The molecule has 0 saturated carbocycles. The fraction of sp³-hybridized carbons (Fsp3) is 0.567. The molecule has 2 aromatic rings. The maximum Gasteiger partial charge on any atom is 0.162 e. The lowest BCUT2D eigenvalue weighted by Gasteiger charge is -2.08. The number of nitrogens with zero attached hydrogens (tertiary/aromatic N) is 2. The van der Waals surface area contributed by atoms with Gasteiger partial charge in [0.25, 0.3) is 0 Å². The zero-order valence-corrected chi connectivity index (χ0v) is 23.0. The summed E-state index contributed by atoms with van der Waals surface area (Å²) in [6.07, 6.45) is 5.50. The van der Waals surface area contributed by atoms with Gasteiger partial charge in [0.1, 0.15) is 11.4 Å². The molecule has 0 aliphatic heterocycles. The molecule has 7 heteroatoms. The van der Waals surface area contributed by atoms with Crippen LogP contribution in [0, 0.1) is 5.92 Å². The Morgan fingerprint density at radius 1 is 0.892 bits per heavy atom. The molecule has 0 aromatic heterocycles. The molecule has 0 aliphatic rings. The van der Waals surface area contributed by atoms with Gasteiger partial charge in [-0.2, -0.15) is 5.11 Å². The van der Waals surface area contributed by atoms with Gasteiger partial charge in [0.05, 0.1) is 18.9 Å². The van der Waals surface area contributed by atoms with E-state index in [2.05, 4.69) is 43.2 Å². The SMILES string of the molecule is CC(C)CCCCOCCOCCCC(=O)c1ccc(N=Nc2cc(CCNC(C)C)ccc2O)cc1. The number of nitrogens with one attached hydrogen (secondary N) is 1. The quantitative estimate of drug-likeness (QED) is 0.118. The summed E-state index contributed by atoms with van der Waals surface area (Å²) in [5.41, 5.74) is 2.77. The van der Waals surface area contributed by atoms with Gasteiger partial charge in [-0.3, -0.25) is 4.79 Å². The van der Waals surface area contributed by atoms with Gasteiger partial charge < -0.3 is 19.9 Å². The Morgan fingerprint density at radius 3 is 2.27 bits per heavy atom. The zero-order chi connectivity index (χ0) is 26.9. The van der Waals surface area contributed by atoms with E-state index in [4.69, 9.17) is 9.47 Å². The zero-order valence-electron chi connectivity index (χ0n) is 23.0. The summed E-state index contributed by atoms with van der Waals surface area (Å²) in [5.74, 6) is 0.918. The number of carbonyl (C=O) groups excluding carboxylic acids is 1. The molecule has 0 saturated heterocycles. The van der Waals surface area contributed by atoms with Gasteiger partial charge in [0, 0.05) is 31.2 Å². The first-order valence-corrected chi connectivity index (χ1v) is 13.6. The van der Waals surface area contributed by atoms with Crippen LogP contribution in [-0.4, -0.2) is 49.9 Å². The second-order valence-corrected chi connectivity index (χ2v) is 10.1. The molecule has 0 bridgehead atoms. The maximum atomic E-state index is 12.5. The van der Waals surface area contributed by atoms with Gasteiger partial charge in [-0.05, 0) is 73.7 Å². The van der Waals surface area contributed by atoms with E-state index >= 15 is 0 Å². The number of unbranched alkanes of at least 4 members (excludes halogenated alkanes) is 1. The third kappa shape index (κ3) is 13.5. The van der Waals surface area contributed by atoms with Gasteiger partial charge >= 0.3 is 0 Å². The Labute approximate surface area is 222 Å². The molecule has 0 heterocycles. The lowest BCUT2D eigenvalue weighted by atomic mass is 10.1. The average molecular weight is 512 g/mol. The van der Waals surface area contributed by atoms with Crippen molar-refractivity contribution in [2.24, 2.45) is 16.1 Å². The molecular formula is C30H45N3O4. The number of phenolic OH excluding ortho intramolecular Hbond substituents is 1. The summed E-state index contributed by atoms with van der Waals surface area (Å²) in [4.78, 5) is 12.5. The van der Waals surface area contributed by atoms with Crippen molar-refractivity contribution in [3.8, 4) is 5.75 Å². The van der Waals surface area contributed by atoms with Crippen molar-refractivity contribution in [2.45, 2.75) is 72.3 Å². The second kappa shape index (κ2) is 17.8. The number of carbonyl (C=O) groups is 1. The van der Waals surface area contributed by atoms with Crippen LogP contribution in [0.3, 0.4) is 0 Å². The number of azo groups is 1. The molecule has 0 radical (unpaired) electrons. The molecule has 2 rings (SSSR count). The smallest absolute Gasteiger partial charge is 0.162 e. The first-order valence-electron chi connectivity index (χ1n) is 13.6. The third-order valence-corrected chi connectivity index (χ3v) is 5.85. The lowest BCUT2D eigenvalue weighted by Crippen LogP contribution is -2.24. The molecule has 0 spiro atoms. The standard InChI is InChI=1S/C30H45N3O4/c1-23(2)8-5-6-18-36-20-21-37-19-7-9-29(34)26-11-13-27(14-12-26)32-33-28-22-25(10-15-30(28)35)16-17-31-24(3)4/h10-15,22-24,31,35H,5-9,16-21H2,1-4H3. The summed E-state index contributed by atoms with van der Waals surface area (Å²) in [7, 11) is 0. The summed E-state index contributed by atoms with van der Waals surface area (Å²) in [5, 5.41) is 21.9. The summed E-state index contributed by atoms with van der Waals surface area (Å²) in [6, 6.07) is 12.9. The summed E-state index contributed by atoms with van der Waals surface area (Å²) >= 11 is 0. The second-order valence-electron chi connectivity index (χ2n) is 10.1. The van der Waals surface area contributed by atoms with Crippen molar-refractivity contribution in [1.82, 2.24) is 5.32 Å². The topological polar surface area (TPSA) is 92.5 Å². The van der Waals surface area contributed by atoms with E-state index in [1.54, 1.807) is 30.3 Å². The molecule has 0 atom stereocenters. The normalized spacial score (nSPS) is 11.7. The highest BCUT2D eigenvalue weighted by Crippen LogP contribution is 2.29. The van der Waals surface area contributed by atoms with E-state index < -0.39 is 0 Å². The molecule has 2 N–H and O–H groups in total.